The molecule has 0 aliphatic heterocycles. The molecule has 2 N–H and O–H groups in total. The normalized spacial score (nSPS) is 10.4. The van der Waals surface area contributed by atoms with Gasteiger partial charge in [-0.15, -0.1) is 0 Å². The van der Waals surface area contributed by atoms with Crippen LogP contribution in [0.3, 0.4) is 0 Å². The van der Waals surface area contributed by atoms with Gasteiger partial charge in [-0.2, -0.15) is 0 Å². The Morgan fingerprint density at radius 2 is 2.24 bits per heavy atom. The van der Waals surface area contributed by atoms with Crippen molar-refractivity contribution < 1.29 is 9.84 Å². The lowest BCUT2D eigenvalue weighted by molar-refractivity contribution is 0.200. The summed E-state index contributed by atoms with van der Waals surface area (Å²) in [5.41, 5.74) is 1.53. The number of rotatable bonds is 6. The van der Waals surface area contributed by atoms with E-state index in [1.54, 1.807) is 23.0 Å². The Morgan fingerprint density at radius 3 is 2.90 bits per heavy atom. The van der Waals surface area contributed by atoms with Crippen molar-refractivity contribution in [3.63, 3.8) is 0 Å². The van der Waals surface area contributed by atoms with Gasteiger partial charge in [0.25, 0.3) is 5.56 Å². The summed E-state index contributed by atoms with van der Waals surface area (Å²) in [6.45, 7) is 4.64. The van der Waals surface area contributed by atoms with Gasteiger partial charge >= 0.3 is 0 Å². The van der Waals surface area contributed by atoms with Gasteiger partial charge in [-0.25, -0.2) is 4.98 Å². The summed E-state index contributed by atoms with van der Waals surface area (Å²) in [6, 6.07) is 5.48. The van der Waals surface area contributed by atoms with E-state index in [1.165, 1.54) is 0 Å². The number of nitrogens with zero attached hydrogens (tertiary/aromatic N) is 2. The molecule has 0 atom stereocenters. The quantitative estimate of drug-likeness (QED) is 0.846. The Labute approximate surface area is 123 Å². The number of ether oxygens (including phenoxy) is 1. The van der Waals surface area contributed by atoms with Crippen LogP contribution in [0.4, 0.5) is 11.5 Å². The van der Waals surface area contributed by atoms with Crippen LogP contribution >= 0.6 is 0 Å². The van der Waals surface area contributed by atoms with Gasteiger partial charge in [0.15, 0.2) is 5.82 Å². The molecule has 21 heavy (non-hydrogen) atoms. The standard InChI is InChI=1S/C15H19N3O3/c1-3-18-7-6-16-14(15(18)20)17-12-4-5-13(11(2)10-12)21-9-8-19/h4-7,10,19H,3,8-9H2,1-2H3,(H,16,17). The molecule has 6 heteroatoms. The maximum absolute atomic E-state index is 12.1. The maximum Gasteiger partial charge on any atom is 0.293 e. The fourth-order valence-corrected chi connectivity index (χ4v) is 1.96. The van der Waals surface area contributed by atoms with Gasteiger partial charge in [-0.05, 0) is 37.6 Å². The van der Waals surface area contributed by atoms with E-state index in [-0.39, 0.29) is 18.8 Å². The molecule has 0 amide bonds. The van der Waals surface area contributed by atoms with E-state index in [2.05, 4.69) is 10.3 Å². The smallest absolute Gasteiger partial charge is 0.293 e. The fourth-order valence-electron chi connectivity index (χ4n) is 1.96. The number of nitrogens with one attached hydrogen (secondary N) is 1. The molecular formula is C15H19N3O3. The van der Waals surface area contributed by atoms with Gasteiger partial charge in [0.1, 0.15) is 12.4 Å². The molecule has 6 nitrogen and oxygen atoms in total. The molecule has 2 rings (SSSR count). The Hall–Kier alpha value is -2.34. The number of aliphatic hydroxyl groups excluding tert-OH is 1. The van der Waals surface area contributed by atoms with Gasteiger partial charge < -0.3 is 19.7 Å². The predicted molar refractivity (Wildman–Crippen MR) is 81.2 cm³/mol. The van der Waals surface area contributed by atoms with Crippen LogP contribution in [0.1, 0.15) is 12.5 Å². The molecule has 1 heterocycles. The van der Waals surface area contributed by atoms with Gasteiger partial charge in [-0.1, -0.05) is 0 Å². The fraction of sp³-hybridized carbons (Fsp3) is 0.333. The van der Waals surface area contributed by atoms with E-state index in [0.717, 1.165) is 11.3 Å². The molecule has 1 aromatic carbocycles. The van der Waals surface area contributed by atoms with Crippen molar-refractivity contribution in [1.29, 1.82) is 0 Å². The van der Waals surface area contributed by atoms with E-state index in [0.29, 0.717) is 18.1 Å². The molecular weight excluding hydrogens is 270 g/mol. The topological polar surface area (TPSA) is 76.4 Å². The zero-order valence-corrected chi connectivity index (χ0v) is 12.2. The van der Waals surface area contributed by atoms with Gasteiger partial charge in [0.05, 0.1) is 6.61 Å². The average molecular weight is 289 g/mol. The Bertz CT molecular complexity index is 667. The van der Waals surface area contributed by atoms with E-state index < -0.39 is 0 Å². The minimum absolute atomic E-state index is 0.0239. The average Bonchev–Trinajstić information content (AvgIpc) is 2.48. The van der Waals surface area contributed by atoms with Crippen LogP contribution in [0.5, 0.6) is 5.75 Å². The van der Waals surface area contributed by atoms with Crippen LogP contribution in [-0.2, 0) is 6.54 Å². The van der Waals surface area contributed by atoms with Gasteiger partial charge in [0, 0.05) is 24.6 Å². The van der Waals surface area contributed by atoms with Crippen molar-refractivity contribution in [1.82, 2.24) is 9.55 Å². The van der Waals surface area contributed by atoms with Crippen LogP contribution in [0.2, 0.25) is 0 Å². The second-order valence-corrected chi connectivity index (χ2v) is 4.54. The van der Waals surface area contributed by atoms with Crippen molar-refractivity contribution >= 4 is 11.5 Å². The summed E-state index contributed by atoms with van der Waals surface area (Å²) in [7, 11) is 0. The third kappa shape index (κ3) is 3.61. The van der Waals surface area contributed by atoms with Crippen molar-refractivity contribution in [3.05, 3.63) is 46.5 Å². The van der Waals surface area contributed by atoms with Crippen LogP contribution < -0.4 is 15.6 Å². The first-order chi connectivity index (χ1) is 10.2. The summed E-state index contributed by atoms with van der Waals surface area (Å²) in [6.07, 6.45) is 3.25. The van der Waals surface area contributed by atoms with Crippen molar-refractivity contribution in [3.8, 4) is 5.75 Å². The Balaban J connectivity index is 2.21. The largest absolute Gasteiger partial charge is 0.491 e. The highest BCUT2D eigenvalue weighted by Crippen LogP contribution is 2.23. The Morgan fingerprint density at radius 1 is 1.43 bits per heavy atom. The predicted octanol–water partition coefficient (Wildman–Crippen LogP) is 1.69. The summed E-state index contributed by atoms with van der Waals surface area (Å²) in [4.78, 5) is 16.2. The van der Waals surface area contributed by atoms with Crippen LogP contribution in [-0.4, -0.2) is 27.9 Å². The molecule has 0 aliphatic carbocycles. The zero-order chi connectivity index (χ0) is 15.2. The molecule has 0 bridgehead atoms. The van der Waals surface area contributed by atoms with Crippen molar-refractivity contribution in [2.75, 3.05) is 18.5 Å². The second-order valence-electron chi connectivity index (χ2n) is 4.54. The van der Waals surface area contributed by atoms with Crippen LogP contribution in [0, 0.1) is 6.92 Å². The molecule has 0 fully saturated rings. The summed E-state index contributed by atoms with van der Waals surface area (Å²) >= 11 is 0. The minimum Gasteiger partial charge on any atom is -0.491 e. The molecule has 0 radical (unpaired) electrons. The first kappa shape index (κ1) is 15.1. The molecule has 0 saturated heterocycles. The van der Waals surface area contributed by atoms with Gasteiger partial charge in [0.2, 0.25) is 0 Å². The van der Waals surface area contributed by atoms with E-state index in [4.69, 9.17) is 9.84 Å². The highest BCUT2D eigenvalue weighted by Gasteiger charge is 2.06. The van der Waals surface area contributed by atoms with Crippen LogP contribution in [0.15, 0.2) is 35.4 Å². The first-order valence-electron chi connectivity index (χ1n) is 6.82. The lowest BCUT2D eigenvalue weighted by atomic mass is 10.2. The zero-order valence-electron chi connectivity index (χ0n) is 12.2. The molecule has 0 saturated carbocycles. The highest BCUT2D eigenvalue weighted by atomic mass is 16.5. The molecule has 2 aromatic rings. The number of aliphatic hydroxyl groups is 1. The van der Waals surface area contributed by atoms with E-state index >= 15 is 0 Å². The van der Waals surface area contributed by atoms with Crippen molar-refractivity contribution in [2.45, 2.75) is 20.4 Å². The first-order valence-corrected chi connectivity index (χ1v) is 6.82. The Kier molecular flexibility index (Phi) is 4.94. The number of hydrogen-bond donors (Lipinski definition) is 2. The van der Waals surface area contributed by atoms with E-state index in [1.807, 2.05) is 26.0 Å². The SMILES string of the molecule is CCn1ccnc(Nc2ccc(OCCO)c(C)c2)c1=O. The third-order valence-corrected chi connectivity index (χ3v) is 3.04. The third-order valence-electron chi connectivity index (χ3n) is 3.04. The minimum atomic E-state index is -0.154. The molecule has 1 aromatic heterocycles. The number of hydrogen-bond acceptors (Lipinski definition) is 5. The van der Waals surface area contributed by atoms with E-state index in [9.17, 15) is 4.79 Å². The lowest BCUT2D eigenvalue weighted by Gasteiger charge is -2.11. The molecule has 0 unspecified atom stereocenters. The number of aryl methyl sites for hydroxylation is 2. The molecule has 112 valence electrons. The molecule has 0 spiro atoms. The lowest BCUT2D eigenvalue weighted by Crippen LogP contribution is -2.22. The second kappa shape index (κ2) is 6.90. The van der Waals surface area contributed by atoms with Crippen molar-refractivity contribution in [2.24, 2.45) is 0 Å². The summed E-state index contributed by atoms with van der Waals surface area (Å²) in [5, 5.41) is 11.8. The van der Waals surface area contributed by atoms with Gasteiger partial charge in [-0.3, -0.25) is 4.79 Å². The highest BCUT2D eigenvalue weighted by molar-refractivity contribution is 5.58. The summed E-state index contributed by atoms with van der Waals surface area (Å²) in [5.74, 6) is 1.00. The number of aromatic nitrogens is 2. The molecule has 0 aliphatic rings. The monoisotopic (exact) mass is 289 g/mol. The van der Waals surface area contributed by atoms with Crippen LogP contribution in [0.25, 0.3) is 0 Å². The maximum atomic E-state index is 12.1. The summed E-state index contributed by atoms with van der Waals surface area (Å²) < 4.78 is 6.98. The number of benzene rings is 1. The number of anilines is 2.